The summed E-state index contributed by atoms with van der Waals surface area (Å²) in [5.74, 6) is 0.271. The monoisotopic (exact) mass is 427 g/mol. The van der Waals surface area contributed by atoms with E-state index in [0.29, 0.717) is 11.3 Å². The van der Waals surface area contributed by atoms with Crippen molar-refractivity contribution in [1.29, 1.82) is 0 Å². The number of rotatable bonds is 5. The second-order valence-electron chi connectivity index (χ2n) is 6.38. The zero-order chi connectivity index (χ0) is 20.6. The molecule has 0 bridgehead atoms. The maximum absolute atomic E-state index is 12.7. The lowest BCUT2D eigenvalue weighted by atomic mass is 10.1. The molecule has 0 aliphatic carbocycles. The number of nitrogens with one attached hydrogen (secondary N) is 1. The Morgan fingerprint density at radius 1 is 1.28 bits per heavy atom. The van der Waals surface area contributed by atoms with Crippen LogP contribution in [0.25, 0.3) is 0 Å². The molecule has 5 atom stereocenters. The van der Waals surface area contributed by atoms with Crippen LogP contribution in [-0.2, 0) is 25.0 Å². The SMILES string of the molecule is O=c1nc(NO)ccn1[C@@H]1O[C@H](COP2(=O)OCc3ccccc3O2)C(O)C1O. The van der Waals surface area contributed by atoms with Crippen molar-refractivity contribution < 1.29 is 38.3 Å². The number of hydrogen-bond donors (Lipinski definition) is 4. The lowest BCUT2D eigenvalue weighted by Crippen LogP contribution is -2.36. The van der Waals surface area contributed by atoms with Gasteiger partial charge in [0.05, 0.1) is 13.2 Å². The first kappa shape index (κ1) is 20.0. The zero-order valence-electron chi connectivity index (χ0n) is 14.8. The number of aromatic nitrogens is 2. The van der Waals surface area contributed by atoms with Gasteiger partial charge in [-0.3, -0.25) is 24.3 Å². The molecule has 1 aromatic heterocycles. The van der Waals surface area contributed by atoms with Gasteiger partial charge in [0.1, 0.15) is 24.1 Å². The van der Waals surface area contributed by atoms with E-state index in [1.165, 1.54) is 12.3 Å². The number of aliphatic hydroxyl groups excluding tert-OH is 2. The summed E-state index contributed by atoms with van der Waals surface area (Å²) in [4.78, 5) is 15.6. The van der Waals surface area contributed by atoms with Crippen LogP contribution in [0.3, 0.4) is 0 Å². The standard InChI is InChI=1S/C16H18N3O9P/c20-13-11(8-26-29(24)25-7-9-3-1-2-4-10(9)28-29)27-15(14(13)21)19-6-5-12(18-23)17-16(19)22/h1-6,11,13-15,20-21,23H,7-8H2,(H,17,18,22)/t11-,13?,14?,15-,29?/m1/s1. The summed E-state index contributed by atoms with van der Waals surface area (Å²) in [5, 5.41) is 29.3. The van der Waals surface area contributed by atoms with Crippen LogP contribution in [-0.4, -0.2) is 49.9 Å². The summed E-state index contributed by atoms with van der Waals surface area (Å²) in [6.45, 7) is -0.397. The van der Waals surface area contributed by atoms with Gasteiger partial charge >= 0.3 is 13.5 Å². The molecular weight excluding hydrogens is 409 g/mol. The van der Waals surface area contributed by atoms with E-state index in [9.17, 15) is 19.6 Å². The first-order chi connectivity index (χ1) is 13.9. The van der Waals surface area contributed by atoms with Gasteiger partial charge in [0.25, 0.3) is 0 Å². The second kappa shape index (κ2) is 7.84. The molecule has 4 N–H and O–H groups in total. The zero-order valence-corrected chi connectivity index (χ0v) is 15.7. The molecule has 13 heteroatoms. The lowest BCUT2D eigenvalue weighted by Gasteiger charge is -2.25. The Morgan fingerprint density at radius 3 is 2.83 bits per heavy atom. The summed E-state index contributed by atoms with van der Waals surface area (Å²) in [6.07, 6.45) is -4.07. The van der Waals surface area contributed by atoms with Crippen LogP contribution < -0.4 is 15.7 Å². The molecule has 0 spiro atoms. The molecular formula is C16H18N3O9P. The number of phosphoric ester groups is 1. The maximum atomic E-state index is 12.7. The van der Waals surface area contributed by atoms with Crippen molar-refractivity contribution in [3.63, 3.8) is 0 Å². The summed E-state index contributed by atoms with van der Waals surface area (Å²) in [5.41, 5.74) is 1.61. The van der Waals surface area contributed by atoms with Crippen molar-refractivity contribution in [2.24, 2.45) is 0 Å². The number of fused-ring (bicyclic) bond motifs is 1. The average molecular weight is 427 g/mol. The van der Waals surface area contributed by atoms with Crippen LogP contribution >= 0.6 is 7.82 Å². The normalized spacial score (nSPS) is 31.1. The average Bonchev–Trinajstić information content (AvgIpc) is 3.00. The number of hydrogen-bond acceptors (Lipinski definition) is 11. The van der Waals surface area contributed by atoms with Crippen LogP contribution in [0.2, 0.25) is 0 Å². The lowest BCUT2D eigenvalue weighted by molar-refractivity contribution is -0.0553. The van der Waals surface area contributed by atoms with Gasteiger partial charge in [-0.25, -0.2) is 9.36 Å². The van der Waals surface area contributed by atoms with Crippen molar-refractivity contribution in [1.82, 2.24) is 9.55 Å². The van der Waals surface area contributed by atoms with E-state index in [1.807, 2.05) is 0 Å². The molecule has 29 heavy (non-hydrogen) atoms. The highest BCUT2D eigenvalue weighted by molar-refractivity contribution is 7.49. The Kier molecular flexibility index (Phi) is 5.40. The number of ether oxygens (including phenoxy) is 1. The predicted octanol–water partition coefficient (Wildman–Crippen LogP) is 0.397. The van der Waals surface area contributed by atoms with Crippen molar-refractivity contribution >= 4 is 13.6 Å². The number of para-hydroxylation sites is 1. The first-order valence-corrected chi connectivity index (χ1v) is 10.0. The van der Waals surface area contributed by atoms with E-state index < -0.39 is 44.7 Å². The molecule has 1 aromatic carbocycles. The van der Waals surface area contributed by atoms with E-state index in [0.717, 1.165) is 4.57 Å². The Bertz CT molecular complexity index is 1000. The minimum atomic E-state index is -3.95. The quantitative estimate of drug-likeness (QED) is 0.386. The van der Waals surface area contributed by atoms with E-state index in [2.05, 4.69) is 4.98 Å². The van der Waals surface area contributed by atoms with Gasteiger partial charge in [-0.2, -0.15) is 4.98 Å². The Labute approximate surface area is 163 Å². The number of benzene rings is 1. The van der Waals surface area contributed by atoms with Gasteiger partial charge in [-0.15, -0.1) is 0 Å². The first-order valence-electron chi connectivity index (χ1n) is 8.58. The molecule has 12 nitrogen and oxygen atoms in total. The molecule has 3 heterocycles. The minimum Gasteiger partial charge on any atom is -0.404 e. The summed E-state index contributed by atoms with van der Waals surface area (Å²) in [7, 11) is -3.95. The Hall–Kier alpha value is -2.31. The van der Waals surface area contributed by atoms with E-state index in [-0.39, 0.29) is 12.4 Å². The molecule has 0 saturated carbocycles. The Morgan fingerprint density at radius 2 is 2.07 bits per heavy atom. The van der Waals surface area contributed by atoms with Crippen molar-refractivity contribution in [2.45, 2.75) is 31.1 Å². The van der Waals surface area contributed by atoms with Crippen molar-refractivity contribution in [3.05, 3.63) is 52.6 Å². The number of anilines is 1. The fraction of sp³-hybridized carbons (Fsp3) is 0.375. The van der Waals surface area contributed by atoms with Crippen molar-refractivity contribution in [2.75, 3.05) is 12.1 Å². The van der Waals surface area contributed by atoms with E-state index in [4.69, 9.17) is 23.5 Å². The topological polar surface area (TPSA) is 162 Å². The third-order valence-electron chi connectivity index (χ3n) is 4.51. The molecule has 0 amide bonds. The molecule has 2 aliphatic rings. The number of aliphatic hydroxyl groups is 2. The van der Waals surface area contributed by atoms with Crippen LogP contribution in [0, 0.1) is 0 Å². The van der Waals surface area contributed by atoms with Gasteiger partial charge < -0.3 is 19.5 Å². The second-order valence-corrected chi connectivity index (χ2v) is 7.97. The highest BCUT2D eigenvalue weighted by Gasteiger charge is 2.46. The van der Waals surface area contributed by atoms with Crippen molar-refractivity contribution in [3.8, 4) is 5.75 Å². The van der Waals surface area contributed by atoms with Gasteiger partial charge in [-0.05, 0) is 12.1 Å². The maximum Gasteiger partial charge on any atom is 0.530 e. The van der Waals surface area contributed by atoms with Crippen LogP contribution in [0.5, 0.6) is 5.75 Å². The molecule has 156 valence electrons. The number of phosphoric acid groups is 1. The molecule has 1 saturated heterocycles. The van der Waals surface area contributed by atoms with Gasteiger partial charge in [0, 0.05) is 11.8 Å². The Balaban J connectivity index is 1.44. The van der Waals surface area contributed by atoms with E-state index in [1.54, 1.807) is 29.7 Å². The number of nitrogens with zero attached hydrogens (tertiary/aromatic N) is 2. The summed E-state index contributed by atoms with van der Waals surface area (Å²) >= 11 is 0. The smallest absolute Gasteiger partial charge is 0.404 e. The molecule has 0 radical (unpaired) electrons. The predicted molar refractivity (Wildman–Crippen MR) is 95.2 cm³/mol. The highest BCUT2D eigenvalue weighted by Crippen LogP contribution is 2.54. The molecule has 4 rings (SSSR count). The molecule has 3 unspecified atom stereocenters. The summed E-state index contributed by atoms with van der Waals surface area (Å²) in [6, 6.07) is 8.15. The summed E-state index contributed by atoms with van der Waals surface area (Å²) < 4.78 is 34.9. The van der Waals surface area contributed by atoms with Gasteiger partial charge in [0.15, 0.2) is 12.0 Å². The van der Waals surface area contributed by atoms with E-state index >= 15 is 0 Å². The highest BCUT2D eigenvalue weighted by atomic mass is 31.2. The minimum absolute atomic E-state index is 0.0269. The third-order valence-corrected chi connectivity index (χ3v) is 5.84. The molecule has 1 fully saturated rings. The third kappa shape index (κ3) is 3.91. The van der Waals surface area contributed by atoms with Gasteiger partial charge in [-0.1, -0.05) is 18.2 Å². The molecule has 2 aliphatic heterocycles. The fourth-order valence-electron chi connectivity index (χ4n) is 3.00. The van der Waals surface area contributed by atoms with Gasteiger partial charge in [0.2, 0.25) is 0 Å². The molecule has 2 aromatic rings. The largest absolute Gasteiger partial charge is 0.530 e. The van der Waals surface area contributed by atoms with Crippen LogP contribution in [0.1, 0.15) is 11.8 Å². The van der Waals surface area contributed by atoms with Crippen LogP contribution in [0.4, 0.5) is 5.82 Å². The fourth-order valence-corrected chi connectivity index (χ4v) is 4.23. The van der Waals surface area contributed by atoms with Crippen LogP contribution in [0.15, 0.2) is 41.3 Å².